The number of sulfonamides is 1. The summed E-state index contributed by atoms with van der Waals surface area (Å²) < 4.78 is 26.7. The molecular formula is C13H23N3O2S. The quantitative estimate of drug-likeness (QED) is 0.824. The SMILES string of the molecule is CCC(C#N)S(=O)(=O)N(CC)C1CC2CCC(C1)N2. The van der Waals surface area contributed by atoms with Gasteiger partial charge >= 0.3 is 0 Å². The summed E-state index contributed by atoms with van der Waals surface area (Å²) in [6.45, 7) is 4.08. The van der Waals surface area contributed by atoms with Crippen molar-refractivity contribution >= 4 is 10.0 Å². The van der Waals surface area contributed by atoms with Crippen LogP contribution >= 0.6 is 0 Å². The first-order chi connectivity index (χ1) is 9.02. The third-order valence-corrected chi connectivity index (χ3v) is 6.74. The topological polar surface area (TPSA) is 73.2 Å². The molecule has 0 radical (unpaired) electrons. The van der Waals surface area contributed by atoms with Crippen LogP contribution in [-0.4, -0.2) is 42.6 Å². The maximum absolute atomic E-state index is 12.5. The minimum atomic E-state index is -3.49. The van der Waals surface area contributed by atoms with Gasteiger partial charge in [-0.15, -0.1) is 0 Å². The molecule has 3 atom stereocenters. The summed E-state index contributed by atoms with van der Waals surface area (Å²) in [4.78, 5) is 0. The van der Waals surface area contributed by atoms with Gasteiger partial charge in [-0.1, -0.05) is 13.8 Å². The van der Waals surface area contributed by atoms with Crippen molar-refractivity contribution < 1.29 is 8.42 Å². The number of nitrogens with one attached hydrogen (secondary N) is 1. The zero-order chi connectivity index (χ0) is 14.0. The molecule has 108 valence electrons. The van der Waals surface area contributed by atoms with Crippen LogP contribution in [0.5, 0.6) is 0 Å². The van der Waals surface area contributed by atoms with E-state index in [2.05, 4.69) is 5.32 Å². The molecule has 0 aliphatic carbocycles. The molecule has 0 aromatic carbocycles. The number of nitrogens with zero attached hydrogens (tertiary/aromatic N) is 2. The maximum atomic E-state index is 12.5. The zero-order valence-electron chi connectivity index (χ0n) is 11.7. The molecule has 2 aliphatic heterocycles. The second-order valence-corrected chi connectivity index (χ2v) is 7.61. The van der Waals surface area contributed by atoms with E-state index in [-0.39, 0.29) is 6.04 Å². The molecule has 2 saturated heterocycles. The van der Waals surface area contributed by atoms with Crippen LogP contribution in [-0.2, 0) is 10.0 Å². The van der Waals surface area contributed by atoms with E-state index in [1.807, 2.05) is 13.0 Å². The van der Waals surface area contributed by atoms with Crippen molar-refractivity contribution in [2.24, 2.45) is 0 Å². The van der Waals surface area contributed by atoms with Crippen molar-refractivity contribution in [2.45, 2.75) is 69.3 Å². The highest BCUT2D eigenvalue weighted by molar-refractivity contribution is 7.90. The van der Waals surface area contributed by atoms with Crippen LogP contribution < -0.4 is 5.32 Å². The van der Waals surface area contributed by atoms with E-state index in [1.54, 1.807) is 11.2 Å². The monoisotopic (exact) mass is 285 g/mol. The van der Waals surface area contributed by atoms with Gasteiger partial charge in [0.25, 0.3) is 0 Å². The molecule has 19 heavy (non-hydrogen) atoms. The Bertz CT molecular complexity index is 445. The Morgan fingerprint density at radius 3 is 2.32 bits per heavy atom. The van der Waals surface area contributed by atoms with Crippen molar-refractivity contribution in [3.63, 3.8) is 0 Å². The van der Waals surface area contributed by atoms with Gasteiger partial charge in [-0.05, 0) is 32.1 Å². The molecule has 2 rings (SSSR count). The minimum absolute atomic E-state index is 0.0659. The summed E-state index contributed by atoms with van der Waals surface area (Å²) in [5.41, 5.74) is 0. The first-order valence-corrected chi connectivity index (χ1v) is 8.69. The number of hydrogen-bond donors (Lipinski definition) is 1. The van der Waals surface area contributed by atoms with Gasteiger partial charge in [0, 0.05) is 24.7 Å². The van der Waals surface area contributed by atoms with Gasteiger partial charge < -0.3 is 5.32 Å². The smallest absolute Gasteiger partial charge is 0.230 e. The van der Waals surface area contributed by atoms with E-state index in [4.69, 9.17) is 5.26 Å². The molecule has 3 unspecified atom stereocenters. The Kier molecular flexibility index (Phi) is 4.49. The van der Waals surface area contributed by atoms with E-state index in [9.17, 15) is 8.42 Å². The minimum Gasteiger partial charge on any atom is -0.311 e. The molecule has 2 aliphatic rings. The Morgan fingerprint density at radius 2 is 1.89 bits per heavy atom. The summed E-state index contributed by atoms with van der Waals surface area (Å²) in [5.74, 6) is 0. The Morgan fingerprint density at radius 1 is 1.32 bits per heavy atom. The fourth-order valence-electron chi connectivity index (χ4n) is 3.44. The van der Waals surface area contributed by atoms with Crippen molar-refractivity contribution in [2.75, 3.05) is 6.54 Å². The van der Waals surface area contributed by atoms with Crippen LogP contribution in [0.4, 0.5) is 0 Å². The lowest BCUT2D eigenvalue weighted by Crippen LogP contribution is -2.52. The number of hydrogen-bond acceptors (Lipinski definition) is 4. The molecule has 5 nitrogen and oxygen atoms in total. The third kappa shape index (κ3) is 2.78. The molecule has 0 aromatic rings. The highest BCUT2D eigenvalue weighted by Crippen LogP contribution is 2.31. The van der Waals surface area contributed by atoms with Crippen LogP contribution in [0.2, 0.25) is 0 Å². The fourth-order valence-corrected chi connectivity index (χ4v) is 5.27. The lowest BCUT2D eigenvalue weighted by molar-refractivity contribution is 0.231. The van der Waals surface area contributed by atoms with Gasteiger partial charge in [0.05, 0.1) is 6.07 Å². The largest absolute Gasteiger partial charge is 0.311 e. The van der Waals surface area contributed by atoms with Gasteiger partial charge in [-0.25, -0.2) is 8.42 Å². The molecule has 2 fully saturated rings. The highest BCUT2D eigenvalue weighted by Gasteiger charge is 2.41. The predicted molar refractivity (Wildman–Crippen MR) is 74.0 cm³/mol. The Balaban J connectivity index is 2.18. The molecule has 1 N–H and O–H groups in total. The molecule has 0 aromatic heterocycles. The molecule has 0 saturated carbocycles. The van der Waals surface area contributed by atoms with E-state index in [1.165, 1.54) is 0 Å². The van der Waals surface area contributed by atoms with Gasteiger partial charge in [-0.3, -0.25) is 0 Å². The van der Waals surface area contributed by atoms with E-state index in [0.717, 1.165) is 25.7 Å². The average Bonchev–Trinajstić information content (AvgIpc) is 2.70. The third-order valence-electron chi connectivity index (χ3n) is 4.37. The van der Waals surface area contributed by atoms with Gasteiger partial charge in [-0.2, -0.15) is 9.57 Å². The second kappa shape index (κ2) is 5.78. The van der Waals surface area contributed by atoms with Gasteiger partial charge in [0.2, 0.25) is 10.0 Å². The summed E-state index contributed by atoms with van der Waals surface area (Å²) in [7, 11) is -3.49. The molecule has 0 amide bonds. The van der Waals surface area contributed by atoms with E-state index in [0.29, 0.717) is 25.0 Å². The standard InChI is InChI=1S/C13H23N3O2S/c1-3-13(9-14)19(17,18)16(4-2)12-7-10-5-6-11(8-12)15-10/h10-13,15H,3-8H2,1-2H3. The lowest BCUT2D eigenvalue weighted by atomic mass is 10.00. The maximum Gasteiger partial charge on any atom is 0.230 e. The van der Waals surface area contributed by atoms with E-state index >= 15 is 0 Å². The van der Waals surface area contributed by atoms with Crippen molar-refractivity contribution in [1.82, 2.24) is 9.62 Å². The van der Waals surface area contributed by atoms with Crippen molar-refractivity contribution in [3.8, 4) is 6.07 Å². The normalized spacial score (nSPS) is 32.2. The molecule has 2 heterocycles. The lowest BCUT2D eigenvalue weighted by Gasteiger charge is -2.37. The first kappa shape index (κ1) is 14.8. The van der Waals surface area contributed by atoms with Crippen LogP contribution in [0.1, 0.15) is 46.0 Å². The molecule has 2 bridgehead atoms. The molecule has 6 heteroatoms. The van der Waals surface area contributed by atoms with Gasteiger partial charge in [0.15, 0.2) is 5.25 Å². The Labute approximate surface area is 116 Å². The fraction of sp³-hybridized carbons (Fsp3) is 0.923. The van der Waals surface area contributed by atoms with Crippen molar-refractivity contribution in [1.29, 1.82) is 5.26 Å². The van der Waals surface area contributed by atoms with Crippen molar-refractivity contribution in [3.05, 3.63) is 0 Å². The number of piperidine rings is 1. The van der Waals surface area contributed by atoms with Crippen LogP contribution in [0.25, 0.3) is 0 Å². The second-order valence-electron chi connectivity index (χ2n) is 5.54. The van der Waals surface area contributed by atoms with E-state index < -0.39 is 15.3 Å². The zero-order valence-corrected chi connectivity index (χ0v) is 12.5. The number of nitriles is 1. The summed E-state index contributed by atoms with van der Waals surface area (Å²) in [6.07, 6.45) is 4.41. The summed E-state index contributed by atoms with van der Waals surface area (Å²) >= 11 is 0. The van der Waals surface area contributed by atoms with Crippen LogP contribution in [0.3, 0.4) is 0 Å². The Hall–Kier alpha value is -0.640. The average molecular weight is 285 g/mol. The summed E-state index contributed by atoms with van der Waals surface area (Å²) in [5, 5.41) is 11.7. The molecular weight excluding hydrogens is 262 g/mol. The highest BCUT2D eigenvalue weighted by atomic mass is 32.2. The summed E-state index contributed by atoms with van der Waals surface area (Å²) in [6, 6.07) is 2.91. The van der Waals surface area contributed by atoms with Crippen LogP contribution in [0.15, 0.2) is 0 Å². The number of fused-ring (bicyclic) bond motifs is 2. The molecule has 0 spiro atoms. The first-order valence-electron chi connectivity index (χ1n) is 7.19. The number of rotatable bonds is 5. The van der Waals surface area contributed by atoms with Crippen LogP contribution in [0, 0.1) is 11.3 Å². The predicted octanol–water partition coefficient (Wildman–Crippen LogP) is 1.22. The van der Waals surface area contributed by atoms with Gasteiger partial charge in [0.1, 0.15) is 0 Å².